The van der Waals surface area contributed by atoms with E-state index >= 15 is 0 Å². The minimum Gasteiger partial charge on any atom is -0.399 e. The molecular weight excluding hydrogens is 643 g/mol. The second kappa shape index (κ2) is 28.6. The zero-order valence-electron chi connectivity index (χ0n) is 32.7. The van der Waals surface area contributed by atoms with Gasteiger partial charge in [0.15, 0.2) is 0 Å². The summed E-state index contributed by atoms with van der Waals surface area (Å²) in [6.07, 6.45) is 8.54. The van der Waals surface area contributed by atoms with Gasteiger partial charge >= 0.3 is 0 Å². The maximum Gasteiger partial charge on any atom is 0.106 e. The lowest BCUT2D eigenvalue weighted by Gasteiger charge is -2.19. The van der Waals surface area contributed by atoms with Crippen LogP contribution in [0.25, 0.3) is 0 Å². The maximum atomic E-state index is 4.68. The van der Waals surface area contributed by atoms with Crippen LogP contribution in [-0.4, -0.2) is 40.0 Å². The van der Waals surface area contributed by atoms with Crippen molar-refractivity contribution in [2.75, 3.05) is 21.3 Å². The van der Waals surface area contributed by atoms with Crippen LogP contribution >= 0.6 is 0 Å². The van der Waals surface area contributed by atoms with Gasteiger partial charge in [0.2, 0.25) is 0 Å². The average Bonchev–Trinajstić information content (AvgIpc) is 3.06. The Morgan fingerprint density at radius 1 is 0.462 bits per heavy atom. The SMILES string of the molecule is C.C.C.CO/N=C/C(C)Cc1ccc(C(C)(C)C)cc1.CO/N=C/C(C)Cc1ccc(C(C)C)cc1.CO/N=C/C(C)Cc1ccc(C(C)C)cc1. The number of oxime groups is 3. The zero-order chi connectivity index (χ0) is 36.8. The van der Waals surface area contributed by atoms with E-state index in [9.17, 15) is 0 Å². The number of nitrogens with zero attached hydrogens (tertiary/aromatic N) is 3. The molecule has 0 bridgehead atoms. The van der Waals surface area contributed by atoms with Crippen LogP contribution in [0, 0.1) is 17.8 Å². The summed E-state index contributed by atoms with van der Waals surface area (Å²) in [7, 11) is 4.71. The number of benzene rings is 3. The molecule has 0 saturated heterocycles. The van der Waals surface area contributed by atoms with E-state index in [4.69, 9.17) is 0 Å². The van der Waals surface area contributed by atoms with Crippen molar-refractivity contribution in [3.63, 3.8) is 0 Å². The summed E-state index contributed by atoms with van der Waals surface area (Å²) in [5, 5.41) is 11.4. The van der Waals surface area contributed by atoms with E-state index in [1.807, 2.05) is 18.6 Å². The number of hydrogen-bond donors (Lipinski definition) is 0. The minimum absolute atomic E-state index is 0. The molecule has 0 aliphatic rings. The van der Waals surface area contributed by atoms with Crippen molar-refractivity contribution in [2.45, 2.75) is 128 Å². The van der Waals surface area contributed by atoms with Crippen LogP contribution in [0.1, 0.15) is 137 Å². The lowest BCUT2D eigenvalue weighted by atomic mass is 9.86. The van der Waals surface area contributed by atoms with Crippen molar-refractivity contribution in [3.05, 3.63) is 106 Å². The first-order valence-electron chi connectivity index (χ1n) is 17.7. The van der Waals surface area contributed by atoms with Crippen molar-refractivity contribution < 1.29 is 14.5 Å². The van der Waals surface area contributed by atoms with Crippen LogP contribution in [0.3, 0.4) is 0 Å². The summed E-state index contributed by atoms with van der Waals surface area (Å²) in [4.78, 5) is 14.0. The molecule has 294 valence electrons. The Kier molecular flexibility index (Phi) is 28.9. The normalized spacial score (nSPS) is 12.8. The van der Waals surface area contributed by atoms with Gasteiger partial charge in [0.1, 0.15) is 21.3 Å². The van der Waals surface area contributed by atoms with Gasteiger partial charge in [0.25, 0.3) is 0 Å². The predicted molar refractivity (Wildman–Crippen MR) is 232 cm³/mol. The number of rotatable bonds is 14. The molecule has 3 rings (SSSR count). The van der Waals surface area contributed by atoms with Crippen LogP contribution in [-0.2, 0) is 39.2 Å². The second-order valence-corrected chi connectivity index (χ2v) is 14.6. The van der Waals surface area contributed by atoms with Crippen molar-refractivity contribution in [2.24, 2.45) is 33.2 Å². The fourth-order valence-corrected chi connectivity index (χ4v) is 4.99. The van der Waals surface area contributed by atoms with E-state index in [0.717, 1.165) is 19.3 Å². The highest BCUT2D eigenvalue weighted by atomic mass is 16.6. The van der Waals surface area contributed by atoms with E-state index in [-0.39, 0.29) is 27.7 Å². The molecule has 0 radical (unpaired) electrons. The first kappa shape index (κ1) is 52.4. The zero-order valence-corrected chi connectivity index (χ0v) is 32.7. The highest BCUT2D eigenvalue weighted by Crippen LogP contribution is 2.23. The monoisotopic (exact) mass is 720 g/mol. The largest absolute Gasteiger partial charge is 0.399 e. The van der Waals surface area contributed by atoms with E-state index in [1.54, 1.807) is 21.3 Å². The van der Waals surface area contributed by atoms with Gasteiger partial charge in [-0.3, -0.25) is 0 Å². The van der Waals surface area contributed by atoms with Gasteiger partial charge in [0.05, 0.1) is 0 Å². The van der Waals surface area contributed by atoms with Gasteiger partial charge < -0.3 is 14.5 Å². The molecule has 6 nitrogen and oxygen atoms in total. The lowest BCUT2D eigenvalue weighted by Crippen LogP contribution is -2.11. The molecule has 3 aromatic rings. The molecule has 52 heavy (non-hydrogen) atoms. The third-order valence-corrected chi connectivity index (χ3v) is 8.05. The van der Waals surface area contributed by atoms with E-state index < -0.39 is 0 Å². The molecule has 3 unspecified atom stereocenters. The molecule has 0 saturated carbocycles. The third-order valence-electron chi connectivity index (χ3n) is 8.05. The first-order chi connectivity index (χ1) is 23.2. The number of hydrogen-bond acceptors (Lipinski definition) is 6. The summed E-state index contributed by atoms with van der Waals surface area (Å²) < 4.78 is 0. The fraction of sp³-hybridized carbons (Fsp3) is 0.543. The Morgan fingerprint density at radius 3 is 0.923 bits per heavy atom. The Labute approximate surface area is 321 Å². The van der Waals surface area contributed by atoms with Crippen LogP contribution in [0.2, 0.25) is 0 Å². The minimum atomic E-state index is 0. The standard InChI is InChI=1S/C15H23NO.2C14H21NO.3CH4/c1-12(11-16-17-5)10-13-6-8-14(9-7-13)15(2,3)4;2*1-11(2)14-7-5-13(6-8-14)9-12(3)10-15-16-4;;;/h6-9,11-12H,10H2,1-5H3;2*5-8,10-12H,9H2,1-4H3;3*1H4/b16-11+;2*15-10+;;;. The summed E-state index contributed by atoms with van der Waals surface area (Å²) >= 11 is 0. The van der Waals surface area contributed by atoms with Gasteiger partial charge in [0, 0.05) is 18.6 Å². The van der Waals surface area contributed by atoms with Gasteiger partial charge in [-0.15, -0.1) is 0 Å². The highest BCUT2D eigenvalue weighted by molar-refractivity contribution is 5.60. The van der Waals surface area contributed by atoms with Crippen molar-refractivity contribution in [1.82, 2.24) is 0 Å². The predicted octanol–water partition coefficient (Wildman–Crippen LogP) is 12.9. The lowest BCUT2D eigenvalue weighted by molar-refractivity contribution is 0.213. The van der Waals surface area contributed by atoms with Crippen LogP contribution in [0.4, 0.5) is 0 Å². The molecule has 0 fully saturated rings. The Hall–Kier alpha value is -3.93. The molecule has 0 N–H and O–H groups in total. The topological polar surface area (TPSA) is 64.8 Å². The molecule has 0 heterocycles. The van der Waals surface area contributed by atoms with Crippen LogP contribution < -0.4 is 0 Å². The Morgan fingerprint density at radius 2 is 0.712 bits per heavy atom. The molecule has 0 spiro atoms. The first-order valence-corrected chi connectivity index (χ1v) is 17.7. The molecule has 3 atom stereocenters. The highest BCUT2D eigenvalue weighted by Gasteiger charge is 2.13. The van der Waals surface area contributed by atoms with E-state index in [0.29, 0.717) is 29.6 Å². The second-order valence-electron chi connectivity index (χ2n) is 14.6. The van der Waals surface area contributed by atoms with Crippen molar-refractivity contribution in [3.8, 4) is 0 Å². The van der Waals surface area contributed by atoms with E-state index in [2.05, 4.69) is 172 Å². The maximum absolute atomic E-state index is 4.68. The Bertz CT molecular complexity index is 1280. The third kappa shape index (κ3) is 22.8. The molecule has 3 aromatic carbocycles. The molecule has 0 aliphatic heterocycles. The molecule has 0 amide bonds. The average molecular weight is 720 g/mol. The van der Waals surface area contributed by atoms with Crippen molar-refractivity contribution >= 4 is 18.6 Å². The summed E-state index contributed by atoms with van der Waals surface area (Å²) in [5.74, 6) is 2.41. The van der Waals surface area contributed by atoms with Crippen molar-refractivity contribution in [1.29, 1.82) is 0 Å². The van der Waals surface area contributed by atoms with E-state index in [1.165, 1.54) is 33.4 Å². The van der Waals surface area contributed by atoms with Gasteiger partial charge in [-0.25, -0.2) is 0 Å². The molecule has 0 aromatic heterocycles. The molecular formula is C46H77N3O3. The van der Waals surface area contributed by atoms with Gasteiger partial charge in [-0.1, -0.05) is 180 Å². The summed E-state index contributed by atoms with van der Waals surface area (Å²) in [6.45, 7) is 22.0. The molecule has 0 aliphatic carbocycles. The van der Waals surface area contributed by atoms with Crippen LogP contribution in [0.5, 0.6) is 0 Å². The van der Waals surface area contributed by atoms with Gasteiger partial charge in [-0.2, -0.15) is 0 Å². The summed E-state index contributed by atoms with van der Waals surface area (Å²) in [6, 6.07) is 26.5. The summed E-state index contributed by atoms with van der Waals surface area (Å²) in [5.41, 5.74) is 8.41. The molecule has 6 heteroatoms. The fourth-order valence-electron chi connectivity index (χ4n) is 4.99. The smallest absolute Gasteiger partial charge is 0.106 e. The van der Waals surface area contributed by atoms with Gasteiger partial charge in [-0.05, 0) is 87.6 Å². The quantitative estimate of drug-likeness (QED) is 0.123. The van der Waals surface area contributed by atoms with Crippen LogP contribution in [0.15, 0.2) is 88.3 Å². The Balaban J connectivity index is -0.000000674.